The molecule has 3 heteroatoms. The van der Waals surface area contributed by atoms with Gasteiger partial charge in [0.15, 0.2) is 0 Å². The predicted octanol–water partition coefficient (Wildman–Crippen LogP) is 2.90. The molecule has 0 radical (unpaired) electrons. The second kappa shape index (κ2) is 4.09. The number of methoxy groups -OCH3 is 1. The largest absolute Gasteiger partial charge is 0.496 e. The summed E-state index contributed by atoms with van der Waals surface area (Å²) in [6, 6.07) is 8.02. The number of ether oxygens (including phenoxy) is 1. The Morgan fingerprint density at radius 3 is 2.53 bits per heavy atom. The fraction of sp³-hybridized carbons (Fsp3) is 0.0833. The van der Waals surface area contributed by atoms with Crippen molar-refractivity contribution in [3.05, 3.63) is 48.5 Å². The minimum Gasteiger partial charge on any atom is -0.496 e. The minimum atomic E-state index is -0.249. The number of hydrogen-bond donors (Lipinski definition) is 0. The fourth-order valence-corrected chi connectivity index (χ4v) is 1.41. The Hall–Kier alpha value is -1.90. The average Bonchev–Trinajstić information content (AvgIpc) is 2.30. The van der Waals surface area contributed by atoms with Gasteiger partial charge >= 0.3 is 0 Å². The van der Waals surface area contributed by atoms with Crippen LogP contribution in [-0.4, -0.2) is 12.1 Å². The van der Waals surface area contributed by atoms with Crippen LogP contribution in [0.1, 0.15) is 0 Å². The van der Waals surface area contributed by atoms with Crippen molar-refractivity contribution in [3.63, 3.8) is 0 Å². The molecule has 0 unspecified atom stereocenters. The highest BCUT2D eigenvalue weighted by molar-refractivity contribution is 5.69. The third kappa shape index (κ3) is 1.96. The molecule has 0 spiro atoms. The van der Waals surface area contributed by atoms with Crippen LogP contribution in [0.4, 0.5) is 4.39 Å². The van der Waals surface area contributed by atoms with E-state index < -0.39 is 0 Å². The first-order chi connectivity index (χ1) is 7.31. The maximum absolute atomic E-state index is 12.7. The zero-order chi connectivity index (χ0) is 10.7. The van der Waals surface area contributed by atoms with E-state index in [0.717, 1.165) is 16.9 Å². The zero-order valence-electron chi connectivity index (χ0n) is 8.27. The molecule has 2 rings (SSSR count). The van der Waals surface area contributed by atoms with Crippen molar-refractivity contribution in [2.24, 2.45) is 0 Å². The van der Waals surface area contributed by atoms with Crippen LogP contribution in [-0.2, 0) is 0 Å². The van der Waals surface area contributed by atoms with Crippen molar-refractivity contribution in [1.29, 1.82) is 0 Å². The first-order valence-corrected chi connectivity index (χ1v) is 4.55. The van der Waals surface area contributed by atoms with Gasteiger partial charge in [-0.2, -0.15) is 0 Å². The lowest BCUT2D eigenvalue weighted by Crippen LogP contribution is -1.88. The van der Waals surface area contributed by atoms with E-state index in [0.29, 0.717) is 0 Å². The summed E-state index contributed by atoms with van der Waals surface area (Å²) in [4.78, 5) is 4.02. The quantitative estimate of drug-likeness (QED) is 0.748. The van der Waals surface area contributed by atoms with Gasteiger partial charge in [-0.1, -0.05) is 12.1 Å². The zero-order valence-corrected chi connectivity index (χ0v) is 8.27. The molecule has 0 N–H and O–H groups in total. The minimum absolute atomic E-state index is 0.249. The molecule has 0 aliphatic rings. The van der Waals surface area contributed by atoms with Gasteiger partial charge in [0.05, 0.1) is 7.11 Å². The Morgan fingerprint density at radius 2 is 1.87 bits per heavy atom. The maximum atomic E-state index is 12.7. The molecular formula is C12H10FNO. The normalized spacial score (nSPS) is 10.0. The number of aromatic nitrogens is 1. The molecule has 0 aliphatic carbocycles. The van der Waals surface area contributed by atoms with Crippen molar-refractivity contribution in [2.75, 3.05) is 7.11 Å². The van der Waals surface area contributed by atoms with E-state index in [4.69, 9.17) is 4.74 Å². The van der Waals surface area contributed by atoms with Crippen molar-refractivity contribution < 1.29 is 9.13 Å². The number of nitrogens with zero attached hydrogens (tertiary/aromatic N) is 1. The topological polar surface area (TPSA) is 22.1 Å². The number of hydrogen-bond acceptors (Lipinski definition) is 2. The summed E-state index contributed by atoms with van der Waals surface area (Å²) in [6.45, 7) is 0. The Morgan fingerprint density at radius 1 is 1.13 bits per heavy atom. The maximum Gasteiger partial charge on any atom is 0.129 e. The van der Waals surface area contributed by atoms with Crippen molar-refractivity contribution in [1.82, 2.24) is 4.98 Å². The standard InChI is InChI=1S/C12H10FNO/c1-15-12-6-7-14-8-11(12)9-2-4-10(13)5-3-9/h2-8H,1H3. The molecule has 15 heavy (non-hydrogen) atoms. The van der Waals surface area contributed by atoms with Crippen LogP contribution < -0.4 is 4.74 Å². The van der Waals surface area contributed by atoms with Gasteiger partial charge in [-0.15, -0.1) is 0 Å². The highest BCUT2D eigenvalue weighted by Gasteiger charge is 2.04. The van der Waals surface area contributed by atoms with Crippen molar-refractivity contribution in [2.45, 2.75) is 0 Å². The molecule has 1 heterocycles. The predicted molar refractivity (Wildman–Crippen MR) is 56.2 cm³/mol. The lowest BCUT2D eigenvalue weighted by atomic mass is 10.1. The SMILES string of the molecule is COc1ccncc1-c1ccc(F)cc1. The Kier molecular flexibility index (Phi) is 2.63. The second-order valence-electron chi connectivity index (χ2n) is 3.08. The van der Waals surface area contributed by atoms with E-state index in [2.05, 4.69) is 4.98 Å². The fourth-order valence-electron chi connectivity index (χ4n) is 1.41. The smallest absolute Gasteiger partial charge is 0.129 e. The van der Waals surface area contributed by atoms with Gasteiger partial charge < -0.3 is 4.74 Å². The molecule has 0 bridgehead atoms. The van der Waals surface area contributed by atoms with Gasteiger partial charge in [0.2, 0.25) is 0 Å². The van der Waals surface area contributed by atoms with Crippen LogP contribution in [0, 0.1) is 5.82 Å². The van der Waals surface area contributed by atoms with Gasteiger partial charge in [-0.25, -0.2) is 4.39 Å². The summed E-state index contributed by atoms with van der Waals surface area (Å²) in [7, 11) is 1.60. The highest BCUT2D eigenvalue weighted by atomic mass is 19.1. The van der Waals surface area contributed by atoms with E-state index in [1.165, 1.54) is 12.1 Å². The molecule has 1 aromatic heterocycles. The lowest BCUT2D eigenvalue weighted by molar-refractivity contribution is 0.416. The van der Waals surface area contributed by atoms with Crippen LogP contribution in [0.3, 0.4) is 0 Å². The van der Waals surface area contributed by atoms with Gasteiger partial charge in [-0.3, -0.25) is 4.98 Å². The molecule has 0 saturated heterocycles. The van der Waals surface area contributed by atoms with Crippen LogP contribution in [0.5, 0.6) is 5.75 Å². The lowest BCUT2D eigenvalue weighted by Gasteiger charge is -2.06. The first kappa shape index (κ1) is 9.65. The summed E-state index contributed by atoms with van der Waals surface area (Å²) in [5, 5.41) is 0. The van der Waals surface area contributed by atoms with Crippen molar-refractivity contribution in [3.8, 4) is 16.9 Å². The molecule has 0 amide bonds. The third-order valence-electron chi connectivity index (χ3n) is 2.16. The first-order valence-electron chi connectivity index (χ1n) is 4.55. The van der Waals surface area contributed by atoms with Crippen LogP contribution >= 0.6 is 0 Å². The van der Waals surface area contributed by atoms with E-state index in [9.17, 15) is 4.39 Å². The molecule has 76 valence electrons. The molecule has 0 fully saturated rings. The Labute approximate surface area is 87.4 Å². The molecule has 0 aliphatic heterocycles. The summed E-state index contributed by atoms with van der Waals surface area (Å²) < 4.78 is 17.9. The Balaban J connectivity index is 2.49. The highest BCUT2D eigenvalue weighted by Crippen LogP contribution is 2.28. The Bertz CT molecular complexity index is 453. The summed E-state index contributed by atoms with van der Waals surface area (Å²) >= 11 is 0. The summed E-state index contributed by atoms with van der Waals surface area (Å²) in [5.41, 5.74) is 1.75. The van der Waals surface area contributed by atoms with Crippen LogP contribution in [0.2, 0.25) is 0 Å². The van der Waals surface area contributed by atoms with E-state index in [1.807, 2.05) is 0 Å². The number of benzene rings is 1. The van der Waals surface area contributed by atoms with E-state index in [1.54, 1.807) is 37.7 Å². The van der Waals surface area contributed by atoms with E-state index >= 15 is 0 Å². The second-order valence-corrected chi connectivity index (χ2v) is 3.08. The number of rotatable bonds is 2. The van der Waals surface area contributed by atoms with Crippen LogP contribution in [0.25, 0.3) is 11.1 Å². The molecule has 0 atom stereocenters. The molecule has 2 nitrogen and oxygen atoms in total. The van der Waals surface area contributed by atoms with Crippen molar-refractivity contribution >= 4 is 0 Å². The molecule has 1 aromatic carbocycles. The van der Waals surface area contributed by atoms with Gasteiger partial charge in [-0.05, 0) is 23.8 Å². The van der Waals surface area contributed by atoms with Gasteiger partial charge in [0.1, 0.15) is 11.6 Å². The van der Waals surface area contributed by atoms with Crippen LogP contribution in [0.15, 0.2) is 42.7 Å². The molecule has 2 aromatic rings. The molecule has 0 saturated carbocycles. The monoisotopic (exact) mass is 203 g/mol. The van der Waals surface area contributed by atoms with E-state index in [-0.39, 0.29) is 5.82 Å². The van der Waals surface area contributed by atoms with Gasteiger partial charge in [0, 0.05) is 18.0 Å². The summed E-state index contributed by atoms with van der Waals surface area (Å²) in [6.07, 6.45) is 3.36. The number of pyridine rings is 1. The van der Waals surface area contributed by atoms with Gasteiger partial charge in [0.25, 0.3) is 0 Å². The average molecular weight is 203 g/mol. The third-order valence-corrected chi connectivity index (χ3v) is 2.16. The number of halogens is 1. The molecular weight excluding hydrogens is 193 g/mol. The summed E-state index contributed by atoms with van der Waals surface area (Å²) in [5.74, 6) is 0.484.